The van der Waals surface area contributed by atoms with Crippen LogP contribution >= 0.6 is 0 Å². The second-order valence-electron chi connectivity index (χ2n) is 6.25. The topological polar surface area (TPSA) is 57.2 Å². The first kappa shape index (κ1) is 22.1. The van der Waals surface area contributed by atoms with Crippen molar-refractivity contribution in [2.45, 2.75) is 20.4 Å². The van der Waals surface area contributed by atoms with Gasteiger partial charge in [0.2, 0.25) is 5.91 Å². The monoisotopic (exact) mass is 399 g/mol. The largest absolute Gasteiger partial charge is 0.493 e. The Balaban J connectivity index is 2.11. The van der Waals surface area contributed by atoms with E-state index in [2.05, 4.69) is 0 Å². The minimum atomic E-state index is -0.123. The van der Waals surface area contributed by atoms with Crippen LogP contribution in [0.4, 0.5) is 0 Å². The Morgan fingerprint density at radius 3 is 2.34 bits per heavy atom. The number of methoxy groups -OCH3 is 2. The summed E-state index contributed by atoms with van der Waals surface area (Å²) in [6.07, 6.45) is 3.30. The lowest BCUT2D eigenvalue weighted by Gasteiger charge is -2.18. The van der Waals surface area contributed by atoms with Crippen LogP contribution in [0.3, 0.4) is 0 Å². The number of likely N-dealkylation sites (N-methyl/N-ethyl adjacent to an activating group) is 1. The predicted molar refractivity (Wildman–Crippen MR) is 114 cm³/mol. The molecule has 156 valence electrons. The van der Waals surface area contributed by atoms with Gasteiger partial charge in [-0.05, 0) is 43.7 Å². The molecule has 2 rings (SSSR count). The van der Waals surface area contributed by atoms with Crippen LogP contribution in [0.15, 0.2) is 42.5 Å². The van der Waals surface area contributed by atoms with Crippen molar-refractivity contribution in [3.05, 3.63) is 53.6 Å². The summed E-state index contributed by atoms with van der Waals surface area (Å²) in [6, 6.07) is 11.2. The van der Waals surface area contributed by atoms with Gasteiger partial charge in [0.1, 0.15) is 0 Å². The zero-order chi connectivity index (χ0) is 21.2. The molecule has 0 aliphatic carbocycles. The number of hydrogen-bond acceptors (Lipinski definition) is 5. The first-order valence-electron chi connectivity index (χ1n) is 9.56. The fraction of sp³-hybridized carbons (Fsp3) is 0.348. The molecule has 29 heavy (non-hydrogen) atoms. The Labute approximate surface area is 172 Å². The lowest BCUT2D eigenvalue weighted by Crippen LogP contribution is -2.24. The summed E-state index contributed by atoms with van der Waals surface area (Å²) < 4.78 is 22.0. The Hall–Kier alpha value is -3.15. The van der Waals surface area contributed by atoms with Crippen LogP contribution in [0.1, 0.15) is 25.0 Å². The summed E-state index contributed by atoms with van der Waals surface area (Å²) in [5.41, 5.74) is 1.73. The highest BCUT2D eigenvalue weighted by atomic mass is 16.5. The average molecular weight is 399 g/mol. The van der Waals surface area contributed by atoms with Gasteiger partial charge in [-0.1, -0.05) is 18.2 Å². The molecule has 0 aliphatic heterocycles. The molecule has 0 N–H and O–H groups in total. The van der Waals surface area contributed by atoms with E-state index in [1.54, 1.807) is 32.2 Å². The number of hydrogen-bond donors (Lipinski definition) is 0. The second kappa shape index (κ2) is 11.0. The van der Waals surface area contributed by atoms with E-state index in [9.17, 15) is 4.79 Å². The number of nitrogens with zero attached hydrogens (tertiary/aromatic N) is 1. The van der Waals surface area contributed by atoms with E-state index in [1.807, 2.05) is 50.2 Å². The highest BCUT2D eigenvalue weighted by Crippen LogP contribution is 2.31. The van der Waals surface area contributed by atoms with E-state index < -0.39 is 0 Å². The zero-order valence-electron chi connectivity index (χ0n) is 17.7. The minimum absolute atomic E-state index is 0.123. The summed E-state index contributed by atoms with van der Waals surface area (Å²) in [5, 5.41) is 0. The first-order valence-corrected chi connectivity index (χ1v) is 9.56. The number of carbonyl (C=O) groups excluding carboxylic acids is 1. The molecule has 0 aromatic heterocycles. The van der Waals surface area contributed by atoms with E-state index >= 15 is 0 Å². The standard InChI is InChI=1S/C23H29NO5/c1-6-28-19-13-11-17(15-21(19)29-7-2)12-14-22(25)24(3)16-18-9-8-10-20(26-4)23(18)27-5/h8-15H,6-7,16H2,1-5H3/b14-12+. The quantitative estimate of drug-likeness (QED) is 0.561. The van der Waals surface area contributed by atoms with Crippen molar-refractivity contribution in [2.75, 3.05) is 34.5 Å². The molecule has 2 aromatic rings. The van der Waals surface area contributed by atoms with Crippen LogP contribution in [-0.2, 0) is 11.3 Å². The fourth-order valence-electron chi connectivity index (χ4n) is 2.88. The molecule has 0 radical (unpaired) electrons. The normalized spacial score (nSPS) is 10.7. The van der Waals surface area contributed by atoms with Crippen LogP contribution in [0.5, 0.6) is 23.0 Å². The van der Waals surface area contributed by atoms with Gasteiger partial charge in [0.05, 0.1) is 27.4 Å². The second-order valence-corrected chi connectivity index (χ2v) is 6.25. The van der Waals surface area contributed by atoms with Crippen LogP contribution in [0.25, 0.3) is 6.08 Å². The van der Waals surface area contributed by atoms with Gasteiger partial charge in [-0.15, -0.1) is 0 Å². The fourth-order valence-corrected chi connectivity index (χ4v) is 2.88. The van der Waals surface area contributed by atoms with E-state index in [0.29, 0.717) is 42.8 Å². The highest BCUT2D eigenvalue weighted by Gasteiger charge is 2.13. The maximum atomic E-state index is 12.6. The van der Waals surface area contributed by atoms with Crippen LogP contribution in [0.2, 0.25) is 0 Å². The number of rotatable bonds is 10. The molecule has 0 aliphatic rings. The van der Waals surface area contributed by atoms with Crippen LogP contribution in [0, 0.1) is 0 Å². The lowest BCUT2D eigenvalue weighted by atomic mass is 10.1. The Morgan fingerprint density at radius 1 is 0.966 bits per heavy atom. The molecule has 0 saturated heterocycles. The SMILES string of the molecule is CCOc1ccc(/C=C/C(=O)N(C)Cc2cccc(OC)c2OC)cc1OCC. The summed E-state index contributed by atoms with van der Waals surface area (Å²) in [4.78, 5) is 14.2. The van der Waals surface area contributed by atoms with Gasteiger partial charge in [-0.25, -0.2) is 0 Å². The molecule has 0 fully saturated rings. The van der Waals surface area contributed by atoms with Crippen molar-refractivity contribution in [3.63, 3.8) is 0 Å². The van der Waals surface area contributed by atoms with Crippen molar-refractivity contribution in [3.8, 4) is 23.0 Å². The molecule has 6 nitrogen and oxygen atoms in total. The molecule has 0 unspecified atom stereocenters. The number of ether oxygens (including phenoxy) is 4. The third-order valence-corrected chi connectivity index (χ3v) is 4.25. The van der Waals surface area contributed by atoms with Gasteiger partial charge in [0.15, 0.2) is 23.0 Å². The van der Waals surface area contributed by atoms with Gasteiger partial charge in [0, 0.05) is 25.2 Å². The molecule has 1 amide bonds. The van der Waals surface area contributed by atoms with Gasteiger partial charge >= 0.3 is 0 Å². The smallest absolute Gasteiger partial charge is 0.246 e. The summed E-state index contributed by atoms with van der Waals surface area (Å²) in [6.45, 7) is 5.35. The van der Waals surface area contributed by atoms with E-state index in [0.717, 1.165) is 11.1 Å². The average Bonchev–Trinajstić information content (AvgIpc) is 2.73. The van der Waals surface area contributed by atoms with E-state index in [1.165, 1.54) is 6.08 Å². The highest BCUT2D eigenvalue weighted by molar-refractivity contribution is 5.91. The van der Waals surface area contributed by atoms with Gasteiger partial charge in [0.25, 0.3) is 0 Å². The molecule has 0 spiro atoms. The zero-order valence-corrected chi connectivity index (χ0v) is 17.7. The number of carbonyl (C=O) groups is 1. The number of para-hydroxylation sites is 1. The number of amides is 1. The molecule has 0 atom stereocenters. The van der Waals surface area contributed by atoms with Gasteiger partial charge in [-0.3, -0.25) is 4.79 Å². The summed E-state index contributed by atoms with van der Waals surface area (Å²) >= 11 is 0. The molecule has 6 heteroatoms. The third-order valence-electron chi connectivity index (χ3n) is 4.25. The molecule has 0 saturated carbocycles. The Morgan fingerprint density at radius 2 is 1.69 bits per heavy atom. The molecular formula is C23H29NO5. The summed E-state index contributed by atoms with van der Waals surface area (Å²) in [7, 11) is 4.92. The molecule has 2 aromatic carbocycles. The van der Waals surface area contributed by atoms with Crippen molar-refractivity contribution in [1.29, 1.82) is 0 Å². The first-order chi connectivity index (χ1) is 14.0. The molecular weight excluding hydrogens is 370 g/mol. The Bertz CT molecular complexity index is 847. The number of benzene rings is 2. The lowest BCUT2D eigenvalue weighted by molar-refractivity contribution is -0.125. The van der Waals surface area contributed by atoms with Crippen molar-refractivity contribution < 1.29 is 23.7 Å². The summed E-state index contributed by atoms with van der Waals surface area (Å²) in [5.74, 6) is 2.51. The molecule has 0 heterocycles. The predicted octanol–water partition coefficient (Wildman–Crippen LogP) is 4.17. The van der Waals surface area contributed by atoms with Crippen molar-refractivity contribution >= 4 is 12.0 Å². The Kier molecular flexibility index (Phi) is 8.40. The van der Waals surface area contributed by atoms with E-state index in [-0.39, 0.29) is 5.91 Å². The molecule has 0 bridgehead atoms. The van der Waals surface area contributed by atoms with Crippen molar-refractivity contribution in [1.82, 2.24) is 4.90 Å². The van der Waals surface area contributed by atoms with Gasteiger partial charge < -0.3 is 23.8 Å². The van der Waals surface area contributed by atoms with Gasteiger partial charge in [-0.2, -0.15) is 0 Å². The van der Waals surface area contributed by atoms with E-state index in [4.69, 9.17) is 18.9 Å². The minimum Gasteiger partial charge on any atom is -0.493 e. The maximum absolute atomic E-state index is 12.6. The van der Waals surface area contributed by atoms with Crippen molar-refractivity contribution in [2.24, 2.45) is 0 Å². The third kappa shape index (κ3) is 5.91. The maximum Gasteiger partial charge on any atom is 0.246 e. The van der Waals surface area contributed by atoms with Crippen LogP contribution in [-0.4, -0.2) is 45.3 Å². The van der Waals surface area contributed by atoms with Crippen LogP contribution < -0.4 is 18.9 Å².